The standard InChI is InChI=1S/C20H19N3O2/c1-3-14-8-10-15(11-9-14)25-13-19(24)16(12-21)20-22-17-6-4-5-7-18(17)23(20)2/h4-11,16H,3,13H2,1-2H3/t16-/m0/s1. The second-order valence-corrected chi connectivity index (χ2v) is 5.83. The van der Waals surface area contributed by atoms with Crippen molar-refractivity contribution in [3.63, 3.8) is 0 Å². The van der Waals surface area contributed by atoms with Crippen molar-refractivity contribution < 1.29 is 9.53 Å². The molecule has 0 bridgehead atoms. The van der Waals surface area contributed by atoms with Crippen molar-refractivity contribution in [3.8, 4) is 11.8 Å². The summed E-state index contributed by atoms with van der Waals surface area (Å²) in [6.07, 6.45) is 0.947. The van der Waals surface area contributed by atoms with E-state index in [1.165, 1.54) is 5.56 Å². The number of para-hydroxylation sites is 2. The number of fused-ring (bicyclic) bond motifs is 1. The van der Waals surface area contributed by atoms with Gasteiger partial charge in [0.1, 0.15) is 18.2 Å². The molecule has 5 heteroatoms. The number of carbonyl (C=O) groups excluding carboxylic acids is 1. The summed E-state index contributed by atoms with van der Waals surface area (Å²) in [6.45, 7) is 1.92. The first-order valence-electron chi connectivity index (χ1n) is 8.19. The molecule has 0 spiro atoms. The lowest BCUT2D eigenvalue weighted by molar-refractivity contribution is -0.121. The summed E-state index contributed by atoms with van der Waals surface area (Å²) in [4.78, 5) is 16.9. The molecule has 0 aliphatic carbocycles. The number of ketones is 1. The Morgan fingerprint density at radius 2 is 1.96 bits per heavy atom. The molecule has 1 aromatic heterocycles. The highest BCUT2D eigenvalue weighted by Crippen LogP contribution is 2.22. The van der Waals surface area contributed by atoms with E-state index in [9.17, 15) is 10.1 Å². The zero-order chi connectivity index (χ0) is 17.8. The van der Waals surface area contributed by atoms with Gasteiger partial charge in [-0.3, -0.25) is 4.79 Å². The third kappa shape index (κ3) is 3.38. The molecule has 0 aliphatic rings. The number of aromatic nitrogens is 2. The Morgan fingerprint density at radius 1 is 1.24 bits per heavy atom. The second kappa shape index (κ2) is 7.18. The van der Waals surface area contributed by atoms with Crippen LogP contribution < -0.4 is 4.74 Å². The van der Waals surface area contributed by atoms with Crippen molar-refractivity contribution in [3.05, 3.63) is 59.9 Å². The van der Waals surface area contributed by atoms with Crippen LogP contribution in [-0.2, 0) is 18.3 Å². The topological polar surface area (TPSA) is 67.9 Å². The fourth-order valence-electron chi connectivity index (χ4n) is 2.76. The van der Waals surface area contributed by atoms with Gasteiger partial charge in [0.15, 0.2) is 11.7 Å². The van der Waals surface area contributed by atoms with Crippen LogP contribution in [0.15, 0.2) is 48.5 Å². The fourth-order valence-corrected chi connectivity index (χ4v) is 2.76. The largest absolute Gasteiger partial charge is 0.486 e. The lowest BCUT2D eigenvalue weighted by Crippen LogP contribution is -2.21. The van der Waals surface area contributed by atoms with Crippen LogP contribution in [-0.4, -0.2) is 21.9 Å². The molecule has 0 aliphatic heterocycles. The van der Waals surface area contributed by atoms with E-state index in [1.807, 2.05) is 55.6 Å². The molecule has 0 unspecified atom stereocenters. The van der Waals surface area contributed by atoms with Gasteiger partial charge in [0, 0.05) is 7.05 Å². The smallest absolute Gasteiger partial charge is 0.194 e. The summed E-state index contributed by atoms with van der Waals surface area (Å²) in [6, 6.07) is 17.2. The highest BCUT2D eigenvalue weighted by atomic mass is 16.5. The van der Waals surface area contributed by atoms with E-state index in [0.29, 0.717) is 11.6 Å². The minimum atomic E-state index is -0.952. The molecular formula is C20H19N3O2. The van der Waals surface area contributed by atoms with Crippen molar-refractivity contribution in [2.24, 2.45) is 7.05 Å². The molecule has 0 N–H and O–H groups in total. The van der Waals surface area contributed by atoms with Crippen LogP contribution in [0, 0.1) is 11.3 Å². The molecule has 126 valence electrons. The molecule has 1 heterocycles. The SMILES string of the molecule is CCc1ccc(OCC(=O)[C@H](C#N)c2nc3ccccc3n2C)cc1. The maximum atomic E-state index is 12.5. The Morgan fingerprint density at radius 3 is 2.60 bits per heavy atom. The fraction of sp³-hybridized carbons (Fsp3) is 0.250. The highest BCUT2D eigenvalue weighted by molar-refractivity contribution is 5.90. The molecule has 25 heavy (non-hydrogen) atoms. The van der Waals surface area contributed by atoms with Crippen LogP contribution in [0.5, 0.6) is 5.75 Å². The first kappa shape index (κ1) is 16.7. The number of carbonyl (C=O) groups is 1. The van der Waals surface area contributed by atoms with E-state index < -0.39 is 5.92 Å². The normalized spacial score (nSPS) is 11.9. The number of nitriles is 1. The first-order chi connectivity index (χ1) is 12.1. The Kier molecular flexibility index (Phi) is 4.80. The van der Waals surface area contributed by atoms with Gasteiger partial charge in [-0.25, -0.2) is 4.98 Å². The van der Waals surface area contributed by atoms with Crippen LogP contribution in [0.25, 0.3) is 11.0 Å². The summed E-state index contributed by atoms with van der Waals surface area (Å²) in [5, 5.41) is 9.49. The summed E-state index contributed by atoms with van der Waals surface area (Å²) in [5.74, 6) is -0.196. The maximum absolute atomic E-state index is 12.5. The van der Waals surface area contributed by atoms with Gasteiger partial charge >= 0.3 is 0 Å². The van der Waals surface area contributed by atoms with Gasteiger partial charge in [-0.1, -0.05) is 31.2 Å². The van der Waals surface area contributed by atoms with Crippen molar-refractivity contribution in [2.45, 2.75) is 19.3 Å². The molecule has 1 atom stereocenters. The average Bonchev–Trinajstić information content (AvgIpc) is 2.98. The van der Waals surface area contributed by atoms with E-state index in [1.54, 1.807) is 4.57 Å². The zero-order valence-electron chi connectivity index (χ0n) is 14.3. The summed E-state index contributed by atoms with van der Waals surface area (Å²) >= 11 is 0. The van der Waals surface area contributed by atoms with Gasteiger partial charge in [0.25, 0.3) is 0 Å². The van der Waals surface area contributed by atoms with Crippen LogP contribution >= 0.6 is 0 Å². The van der Waals surface area contributed by atoms with E-state index in [4.69, 9.17) is 4.74 Å². The molecule has 0 saturated carbocycles. The minimum Gasteiger partial charge on any atom is -0.486 e. The number of imidazole rings is 1. The Bertz CT molecular complexity index is 936. The van der Waals surface area contributed by atoms with Crippen LogP contribution in [0.1, 0.15) is 24.2 Å². The van der Waals surface area contributed by atoms with Crippen molar-refractivity contribution >= 4 is 16.8 Å². The zero-order valence-corrected chi connectivity index (χ0v) is 14.3. The number of hydrogen-bond acceptors (Lipinski definition) is 4. The third-order valence-electron chi connectivity index (χ3n) is 4.24. The van der Waals surface area contributed by atoms with Gasteiger partial charge in [0.05, 0.1) is 17.1 Å². The molecule has 5 nitrogen and oxygen atoms in total. The number of ether oxygens (including phenoxy) is 1. The van der Waals surface area contributed by atoms with E-state index >= 15 is 0 Å². The molecular weight excluding hydrogens is 314 g/mol. The minimum absolute atomic E-state index is 0.160. The number of nitrogens with zero attached hydrogens (tertiary/aromatic N) is 3. The summed E-state index contributed by atoms with van der Waals surface area (Å²) in [5.41, 5.74) is 2.86. The third-order valence-corrected chi connectivity index (χ3v) is 4.24. The quantitative estimate of drug-likeness (QED) is 0.693. The highest BCUT2D eigenvalue weighted by Gasteiger charge is 2.26. The lowest BCUT2D eigenvalue weighted by atomic mass is 10.1. The van der Waals surface area contributed by atoms with Crippen molar-refractivity contribution in [1.29, 1.82) is 5.26 Å². The Labute approximate surface area is 146 Å². The van der Waals surface area contributed by atoms with Crippen LogP contribution in [0.3, 0.4) is 0 Å². The first-order valence-corrected chi connectivity index (χ1v) is 8.19. The van der Waals surface area contributed by atoms with Crippen LogP contribution in [0.2, 0.25) is 0 Å². The molecule has 0 saturated heterocycles. The van der Waals surface area contributed by atoms with Gasteiger partial charge < -0.3 is 9.30 Å². The van der Waals surface area contributed by atoms with Gasteiger partial charge in [-0.2, -0.15) is 5.26 Å². The molecule has 3 aromatic rings. The summed E-state index contributed by atoms with van der Waals surface area (Å²) in [7, 11) is 1.81. The number of benzene rings is 2. The predicted molar refractivity (Wildman–Crippen MR) is 95.4 cm³/mol. The molecule has 0 radical (unpaired) electrons. The maximum Gasteiger partial charge on any atom is 0.194 e. The van der Waals surface area contributed by atoms with Crippen molar-refractivity contribution in [1.82, 2.24) is 9.55 Å². The lowest BCUT2D eigenvalue weighted by Gasteiger charge is -2.10. The molecule has 2 aromatic carbocycles. The van der Waals surface area contributed by atoms with Crippen LogP contribution in [0.4, 0.5) is 0 Å². The Hall–Kier alpha value is -3.13. The van der Waals surface area contributed by atoms with E-state index in [-0.39, 0.29) is 12.4 Å². The Balaban J connectivity index is 1.76. The molecule has 0 amide bonds. The monoisotopic (exact) mass is 333 g/mol. The average molecular weight is 333 g/mol. The van der Waals surface area contributed by atoms with Gasteiger partial charge in [-0.05, 0) is 36.2 Å². The van der Waals surface area contributed by atoms with E-state index in [2.05, 4.69) is 18.0 Å². The summed E-state index contributed by atoms with van der Waals surface area (Å²) < 4.78 is 7.34. The number of aryl methyl sites for hydroxylation is 2. The van der Waals surface area contributed by atoms with Gasteiger partial charge in [-0.15, -0.1) is 0 Å². The number of hydrogen-bond donors (Lipinski definition) is 0. The van der Waals surface area contributed by atoms with Crippen molar-refractivity contribution in [2.75, 3.05) is 6.61 Å². The number of rotatable bonds is 6. The molecule has 0 fully saturated rings. The second-order valence-electron chi connectivity index (χ2n) is 5.83. The predicted octanol–water partition coefficient (Wildman–Crippen LogP) is 3.39. The van der Waals surface area contributed by atoms with Gasteiger partial charge in [0.2, 0.25) is 0 Å². The number of Topliss-reactive ketones (excluding diaryl/α,β-unsaturated/α-hetero) is 1. The van der Waals surface area contributed by atoms with E-state index in [0.717, 1.165) is 17.5 Å². The molecule has 3 rings (SSSR count).